The first-order chi connectivity index (χ1) is 10.6. The molecule has 0 unspecified atom stereocenters. The largest absolute Gasteiger partial charge is 0.507 e. The van der Waals surface area contributed by atoms with Gasteiger partial charge in [-0.25, -0.2) is 9.97 Å². The van der Waals surface area contributed by atoms with Crippen LogP contribution in [0.2, 0.25) is 0 Å². The highest BCUT2D eigenvalue weighted by molar-refractivity contribution is 5.76. The van der Waals surface area contributed by atoms with E-state index in [1.54, 1.807) is 25.1 Å². The molecule has 7 heteroatoms. The van der Waals surface area contributed by atoms with Gasteiger partial charge in [-0.2, -0.15) is 0 Å². The summed E-state index contributed by atoms with van der Waals surface area (Å²) in [5.41, 5.74) is 0.655. The van der Waals surface area contributed by atoms with Gasteiger partial charge in [-0.05, 0) is 31.9 Å². The number of rotatable bonds is 3. The van der Waals surface area contributed by atoms with Gasteiger partial charge in [0.2, 0.25) is 5.95 Å². The number of aromatic hydroxyl groups is 1. The minimum absolute atomic E-state index is 0.0314. The number of benzene rings is 1. The lowest BCUT2D eigenvalue weighted by Gasteiger charge is -2.17. The summed E-state index contributed by atoms with van der Waals surface area (Å²) in [4.78, 5) is 21.6. The van der Waals surface area contributed by atoms with Crippen molar-refractivity contribution in [3.8, 4) is 17.0 Å². The van der Waals surface area contributed by atoms with Gasteiger partial charge in [-0.1, -0.05) is 12.1 Å². The molecule has 22 heavy (non-hydrogen) atoms. The predicted octanol–water partition coefficient (Wildman–Crippen LogP) is 2.67. The normalized spacial score (nSPS) is 14.3. The molecule has 1 aliphatic heterocycles. The highest BCUT2D eigenvalue weighted by atomic mass is 16.6. The van der Waals surface area contributed by atoms with Gasteiger partial charge < -0.3 is 10.0 Å². The Hall–Kier alpha value is -2.70. The SMILES string of the molecule is Cc1nc(N2CCCC2)nc(-c2ccccc2O)c1[N+](=O)[O-]. The summed E-state index contributed by atoms with van der Waals surface area (Å²) >= 11 is 0. The second kappa shape index (κ2) is 5.59. The van der Waals surface area contributed by atoms with Crippen LogP contribution in [0.15, 0.2) is 24.3 Å². The predicted molar refractivity (Wildman–Crippen MR) is 82.0 cm³/mol. The third-order valence-electron chi connectivity index (χ3n) is 3.78. The van der Waals surface area contributed by atoms with Gasteiger partial charge in [0, 0.05) is 18.7 Å². The fraction of sp³-hybridized carbons (Fsp3) is 0.333. The molecule has 1 fully saturated rings. The first-order valence-corrected chi connectivity index (χ1v) is 7.14. The minimum Gasteiger partial charge on any atom is -0.507 e. The summed E-state index contributed by atoms with van der Waals surface area (Å²) in [6.07, 6.45) is 2.12. The standard InChI is InChI=1S/C15H16N4O3/c1-10-14(19(21)22)13(11-6-2-3-7-12(11)20)17-15(16-10)18-8-4-5-9-18/h2-3,6-7,20H,4-5,8-9H2,1H3. The van der Waals surface area contributed by atoms with Crippen LogP contribution in [0, 0.1) is 17.0 Å². The number of nitro groups is 1. The third kappa shape index (κ3) is 2.45. The van der Waals surface area contributed by atoms with Crippen molar-refractivity contribution in [1.82, 2.24) is 9.97 Å². The number of para-hydroxylation sites is 1. The molecule has 1 aliphatic rings. The molecule has 0 amide bonds. The van der Waals surface area contributed by atoms with E-state index in [-0.39, 0.29) is 17.1 Å². The molecule has 1 aromatic heterocycles. The quantitative estimate of drug-likeness (QED) is 0.692. The van der Waals surface area contributed by atoms with E-state index in [0.29, 0.717) is 17.2 Å². The number of phenolic OH excluding ortho intramolecular Hbond substituents is 1. The molecule has 3 rings (SSSR count). The molecule has 1 aromatic carbocycles. The van der Waals surface area contributed by atoms with Gasteiger partial charge in [0.25, 0.3) is 0 Å². The second-order valence-electron chi connectivity index (χ2n) is 5.27. The molecule has 1 saturated heterocycles. The first-order valence-electron chi connectivity index (χ1n) is 7.14. The maximum Gasteiger partial charge on any atom is 0.316 e. The molecule has 114 valence electrons. The maximum atomic E-state index is 11.4. The average molecular weight is 300 g/mol. The van der Waals surface area contributed by atoms with Gasteiger partial charge >= 0.3 is 5.69 Å². The Labute approximate surface area is 127 Å². The van der Waals surface area contributed by atoms with E-state index in [4.69, 9.17) is 0 Å². The zero-order valence-electron chi connectivity index (χ0n) is 12.2. The van der Waals surface area contributed by atoms with Crippen molar-refractivity contribution in [3.05, 3.63) is 40.1 Å². The van der Waals surface area contributed by atoms with Crippen LogP contribution in [0.25, 0.3) is 11.3 Å². The van der Waals surface area contributed by atoms with Crippen LogP contribution in [0.4, 0.5) is 11.6 Å². The van der Waals surface area contributed by atoms with Crippen molar-refractivity contribution in [1.29, 1.82) is 0 Å². The number of nitrogens with zero attached hydrogens (tertiary/aromatic N) is 4. The number of aromatic nitrogens is 2. The lowest BCUT2D eigenvalue weighted by Crippen LogP contribution is -2.21. The van der Waals surface area contributed by atoms with Crippen molar-refractivity contribution >= 4 is 11.6 Å². The summed E-state index contributed by atoms with van der Waals surface area (Å²) < 4.78 is 0. The monoisotopic (exact) mass is 300 g/mol. The molecule has 0 saturated carbocycles. The van der Waals surface area contributed by atoms with Crippen LogP contribution in [-0.2, 0) is 0 Å². The Balaban J connectivity index is 2.21. The smallest absolute Gasteiger partial charge is 0.316 e. The van der Waals surface area contributed by atoms with Crippen molar-refractivity contribution in [3.63, 3.8) is 0 Å². The van der Waals surface area contributed by atoms with Crippen LogP contribution in [0.1, 0.15) is 18.5 Å². The molecule has 2 heterocycles. The van der Waals surface area contributed by atoms with E-state index in [1.807, 2.05) is 4.90 Å². The van der Waals surface area contributed by atoms with Gasteiger partial charge in [0.05, 0.1) is 4.92 Å². The fourth-order valence-corrected chi connectivity index (χ4v) is 2.69. The van der Waals surface area contributed by atoms with E-state index in [1.165, 1.54) is 6.07 Å². The highest BCUT2D eigenvalue weighted by Gasteiger charge is 2.27. The number of hydrogen-bond acceptors (Lipinski definition) is 6. The van der Waals surface area contributed by atoms with Gasteiger partial charge in [0.15, 0.2) is 5.69 Å². The van der Waals surface area contributed by atoms with Crippen molar-refractivity contribution in [2.75, 3.05) is 18.0 Å². The Morgan fingerprint density at radius 2 is 1.91 bits per heavy atom. The summed E-state index contributed by atoms with van der Waals surface area (Å²) in [7, 11) is 0. The Morgan fingerprint density at radius 1 is 1.23 bits per heavy atom. The summed E-state index contributed by atoms with van der Waals surface area (Å²) in [6.45, 7) is 3.29. The molecule has 1 N–H and O–H groups in total. The molecule has 0 aliphatic carbocycles. The Kier molecular flexibility index (Phi) is 3.62. The molecular weight excluding hydrogens is 284 g/mol. The maximum absolute atomic E-state index is 11.4. The van der Waals surface area contributed by atoms with Crippen LogP contribution in [-0.4, -0.2) is 33.1 Å². The van der Waals surface area contributed by atoms with Crippen LogP contribution in [0.3, 0.4) is 0 Å². The molecule has 0 atom stereocenters. The van der Waals surface area contributed by atoms with Crippen LogP contribution in [0.5, 0.6) is 5.75 Å². The summed E-state index contributed by atoms with van der Waals surface area (Å²) in [5, 5.41) is 21.4. The number of anilines is 1. The minimum atomic E-state index is -0.495. The lowest BCUT2D eigenvalue weighted by molar-refractivity contribution is -0.385. The topological polar surface area (TPSA) is 92.4 Å². The number of phenols is 1. The first kappa shape index (κ1) is 14.2. The molecule has 0 radical (unpaired) electrons. The van der Waals surface area contributed by atoms with Crippen molar-refractivity contribution in [2.24, 2.45) is 0 Å². The Morgan fingerprint density at radius 3 is 2.55 bits per heavy atom. The van der Waals surface area contributed by atoms with Crippen LogP contribution < -0.4 is 4.90 Å². The van der Waals surface area contributed by atoms with E-state index < -0.39 is 4.92 Å². The molecule has 0 bridgehead atoms. The molecular formula is C15H16N4O3. The molecule has 7 nitrogen and oxygen atoms in total. The fourth-order valence-electron chi connectivity index (χ4n) is 2.69. The van der Waals surface area contributed by atoms with E-state index in [2.05, 4.69) is 9.97 Å². The van der Waals surface area contributed by atoms with E-state index in [9.17, 15) is 15.2 Å². The van der Waals surface area contributed by atoms with E-state index >= 15 is 0 Å². The van der Waals surface area contributed by atoms with Gasteiger partial charge in [0.1, 0.15) is 11.4 Å². The van der Waals surface area contributed by atoms with Gasteiger partial charge in [-0.15, -0.1) is 0 Å². The zero-order valence-corrected chi connectivity index (χ0v) is 12.2. The summed E-state index contributed by atoms with van der Waals surface area (Å²) in [6, 6.07) is 6.50. The van der Waals surface area contributed by atoms with Crippen LogP contribution >= 0.6 is 0 Å². The lowest BCUT2D eigenvalue weighted by atomic mass is 10.1. The summed E-state index contributed by atoms with van der Waals surface area (Å²) in [5.74, 6) is 0.454. The Bertz CT molecular complexity index is 727. The molecule has 2 aromatic rings. The van der Waals surface area contributed by atoms with E-state index in [0.717, 1.165) is 25.9 Å². The number of hydrogen-bond donors (Lipinski definition) is 1. The second-order valence-corrected chi connectivity index (χ2v) is 5.27. The average Bonchev–Trinajstić information content (AvgIpc) is 3.00. The highest BCUT2D eigenvalue weighted by Crippen LogP contribution is 2.36. The van der Waals surface area contributed by atoms with Gasteiger partial charge in [-0.3, -0.25) is 10.1 Å². The number of aryl methyl sites for hydroxylation is 1. The van der Waals surface area contributed by atoms with Crippen molar-refractivity contribution < 1.29 is 10.0 Å². The van der Waals surface area contributed by atoms with Crippen molar-refractivity contribution in [2.45, 2.75) is 19.8 Å². The molecule has 0 spiro atoms. The zero-order chi connectivity index (χ0) is 15.7. The third-order valence-corrected chi connectivity index (χ3v) is 3.78.